The lowest BCUT2D eigenvalue weighted by Gasteiger charge is -2.23. The zero-order chi connectivity index (χ0) is 38.1. The van der Waals surface area contributed by atoms with Crippen LogP contribution in [-0.2, 0) is 5.41 Å². The van der Waals surface area contributed by atoms with Gasteiger partial charge in [0.05, 0.1) is 11.4 Å². The minimum atomic E-state index is -0.132. The summed E-state index contributed by atoms with van der Waals surface area (Å²) < 4.78 is 0. The van der Waals surface area contributed by atoms with E-state index in [0.717, 1.165) is 33.5 Å². The highest BCUT2D eigenvalue weighted by Crippen LogP contribution is 2.55. The number of benzene rings is 9. The molecule has 1 aliphatic rings. The highest BCUT2D eigenvalue weighted by Gasteiger charge is 2.38. The number of fused-ring (bicyclic) bond motifs is 7. The Kier molecular flexibility index (Phi) is 7.55. The van der Waals surface area contributed by atoms with Crippen molar-refractivity contribution in [2.45, 2.75) is 19.3 Å². The van der Waals surface area contributed by atoms with Crippen molar-refractivity contribution in [2.24, 2.45) is 0 Å². The fourth-order valence-corrected chi connectivity index (χ4v) is 9.28. The van der Waals surface area contributed by atoms with E-state index in [1.165, 1.54) is 71.4 Å². The van der Waals surface area contributed by atoms with Crippen LogP contribution < -0.4 is 0 Å². The molecule has 0 saturated carbocycles. The van der Waals surface area contributed by atoms with E-state index in [9.17, 15) is 0 Å². The first-order chi connectivity index (χ1) is 28.0. The van der Waals surface area contributed by atoms with Gasteiger partial charge in [-0.1, -0.05) is 190 Å². The van der Waals surface area contributed by atoms with E-state index in [-0.39, 0.29) is 5.41 Å². The summed E-state index contributed by atoms with van der Waals surface area (Å²) in [4.78, 5) is 10.6. The van der Waals surface area contributed by atoms with Crippen molar-refractivity contribution in [3.63, 3.8) is 0 Å². The first-order valence-electron chi connectivity index (χ1n) is 19.7. The predicted molar refractivity (Wildman–Crippen MR) is 239 cm³/mol. The summed E-state index contributed by atoms with van der Waals surface area (Å²) in [6.07, 6.45) is 0. The maximum Gasteiger partial charge on any atom is 0.161 e. The fraction of sp³-hybridized carbons (Fsp3) is 0.0545. The van der Waals surface area contributed by atoms with Gasteiger partial charge in [0.15, 0.2) is 5.82 Å². The van der Waals surface area contributed by atoms with E-state index in [4.69, 9.17) is 9.97 Å². The van der Waals surface area contributed by atoms with Gasteiger partial charge in [-0.3, -0.25) is 0 Å². The van der Waals surface area contributed by atoms with Crippen molar-refractivity contribution in [1.29, 1.82) is 0 Å². The van der Waals surface area contributed by atoms with Crippen LogP contribution in [0.25, 0.3) is 99.6 Å². The zero-order valence-corrected chi connectivity index (χ0v) is 31.9. The van der Waals surface area contributed by atoms with Crippen LogP contribution in [0, 0.1) is 0 Å². The van der Waals surface area contributed by atoms with Gasteiger partial charge in [0.25, 0.3) is 0 Å². The van der Waals surface area contributed by atoms with Crippen molar-refractivity contribution in [3.8, 4) is 67.3 Å². The second-order valence-corrected chi connectivity index (χ2v) is 15.7. The van der Waals surface area contributed by atoms with E-state index in [2.05, 4.69) is 202 Å². The highest BCUT2D eigenvalue weighted by atomic mass is 14.9. The quantitative estimate of drug-likeness (QED) is 0.176. The first kappa shape index (κ1) is 33.2. The van der Waals surface area contributed by atoms with Gasteiger partial charge < -0.3 is 0 Å². The van der Waals surface area contributed by atoms with E-state index >= 15 is 0 Å². The van der Waals surface area contributed by atoms with Crippen LogP contribution in [0.3, 0.4) is 0 Å². The third kappa shape index (κ3) is 5.40. The van der Waals surface area contributed by atoms with Crippen LogP contribution in [0.4, 0.5) is 0 Å². The van der Waals surface area contributed by atoms with Crippen molar-refractivity contribution in [1.82, 2.24) is 9.97 Å². The lowest BCUT2D eigenvalue weighted by atomic mass is 9.80. The normalized spacial score (nSPS) is 12.9. The first-order valence-corrected chi connectivity index (χ1v) is 19.7. The van der Waals surface area contributed by atoms with Gasteiger partial charge in [0, 0.05) is 22.1 Å². The molecule has 1 heterocycles. The number of rotatable bonds is 5. The Morgan fingerprint density at radius 1 is 0.351 bits per heavy atom. The minimum Gasteiger partial charge on any atom is -0.228 e. The Morgan fingerprint density at radius 3 is 1.68 bits per heavy atom. The molecule has 0 bridgehead atoms. The Balaban J connectivity index is 1.06. The van der Waals surface area contributed by atoms with E-state index in [1.807, 2.05) is 6.07 Å². The van der Waals surface area contributed by atoms with Crippen molar-refractivity contribution in [3.05, 3.63) is 205 Å². The molecule has 0 saturated heterocycles. The molecular formula is C55H38N2. The highest BCUT2D eigenvalue weighted by molar-refractivity contribution is 6.09. The van der Waals surface area contributed by atoms with Gasteiger partial charge in [0.2, 0.25) is 0 Å². The lowest BCUT2D eigenvalue weighted by Crippen LogP contribution is -2.15. The van der Waals surface area contributed by atoms with E-state index < -0.39 is 0 Å². The molecule has 2 nitrogen and oxygen atoms in total. The van der Waals surface area contributed by atoms with Gasteiger partial charge in [-0.25, -0.2) is 9.97 Å². The average Bonchev–Trinajstić information content (AvgIpc) is 3.52. The molecule has 1 aromatic heterocycles. The Morgan fingerprint density at radius 2 is 0.912 bits per heavy atom. The molecule has 57 heavy (non-hydrogen) atoms. The van der Waals surface area contributed by atoms with Crippen molar-refractivity contribution >= 4 is 32.3 Å². The monoisotopic (exact) mass is 726 g/mol. The molecule has 0 atom stereocenters. The Bertz CT molecular complexity index is 3190. The predicted octanol–water partition coefficient (Wildman–Crippen LogP) is 14.6. The standard InChI is InChI=1S/C55H38N2/c1-55(2)49-22-12-21-46(52(49)48-30-29-37-14-8-9-18-42(37)53(48)55)45-31-32-47(44-20-11-10-19-43(44)45)54-56-50(38-15-4-3-5-16-38)34-51(57-54)39-26-23-36(24-27-39)41-28-25-35-13-6-7-17-40(35)33-41/h3-34H,1-2H3. The molecule has 9 aromatic carbocycles. The largest absolute Gasteiger partial charge is 0.228 e. The van der Waals surface area contributed by atoms with Crippen LogP contribution in [0.1, 0.15) is 25.0 Å². The zero-order valence-electron chi connectivity index (χ0n) is 31.9. The van der Waals surface area contributed by atoms with Crippen LogP contribution in [0.5, 0.6) is 0 Å². The summed E-state index contributed by atoms with van der Waals surface area (Å²) >= 11 is 0. The molecule has 268 valence electrons. The smallest absolute Gasteiger partial charge is 0.161 e. The molecule has 0 radical (unpaired) electrons. The molecule has 0 aliphatic heterocycles. The second kappa shape index (κ2) is 13.0. The molecular weight excluding hydrogens is 689 g/mol. The van der Waals surface area contributed by atoms with Crippen LogP contribution >= 0.6 is 0 Å². The summed E-state index contributed by atoms with van der Waals surface area (Å²) in [5.41, 5.74) is 15.1. The molecule has 0 N–H and O–H groups in total. The second-order valence-electron chi connectivity index (χ2n) is 15.7. The summed E-state index contributed by atoms with van der Waals surface area (Å²) in [5, 5.41) is 7.42. The van der Waals surface area contributed by atoms with Crippen LogP contribution in [-0.4, -0.2) is 9.97 Å². The van der Waals surface area contributed by atoms with Gasteiger partial charge in [-0.2, -0.15) is 0 Å². The van der Waals surface area contributed by atoms with Crippen LogP contribution in [0.2, 0.25) is 0 Å². The maximum atomic E-state index is 5.32. The summed E-state index contributed by atoms with van der Waals surface area (Å²) in [7, 11) is 0. The number of hydrogen-bond acceptors (Lipinski definition) is 2. The number of nitrogens with zero attached hydrogens (tertiary/aromatic N) is 2. The summed E-state index contributed by atoms with van der Waals surface area (Å²) in [6, 6.07) is 70.0. The average molecular weight is 727 g/mol. The van der Waals surface area contributed by atoms with E-state index in [1.54, 1.807) is 0 Å². The molecule has 10 aromatic rings. The van der Waals surface area contributed by atoms with Gasteiger partial charge in [-0.05, 0) is 95.0 Å². The summed E-state index contributed by atoms with van der Waals surface area (Å²) in [5.74, 6) is 0.712. The number of aromatic nitrogens is 2. The van der Waals surface area contributed by atoms with Gasteiger partial charge in [-0.15, -0.1) is 0 Å². The third-order valence-corrected chi connectivity index (χ3v) is 12.1. The molecule has 2 heteroatoms. The third-order valence-electron chi connectivity index (χ3n) is 12.1. The van der Waals surface area contributed by atoms with Crippen LogP contribution in [0.15, 0.2) is 194 Å². The molecule has 0 unspecified atom stereocenters. The minimum absolute atomic E-state index is 0.132. The van der Waals surface area contributed by atoms with Gasteiger partial charge in [0.1, 0.15) is 0 Å². The van der Waals surface area contributed by atoms with E-state index in [0.29, 0.717) is 5.82 Å². The molecule has 0 amide bonds. The van der Waals surface area contributed by atoms with Gasteiger partial charge >= 0.3 is 0 Å². The Hall–Kier alpha value is -7.16. The van der Waals surface area contributed by atoms with Crippen molar-refractivity contribution in [2.75, 3.05) is 0 Å². The number of hydrogen-bond donors (Lipinski definition) is 0. The molecule has 0 fully saturated rings. The Labute approximate surface area is 332 Å². The van der Waals surface area contributed by atoms with Crippen molar-refractivity contribution < 1.29 is 0 Å². The molecule has 11 rings (SSSR count). The molecule has 1 aliphatic carbocycles. The lowest BCUT2D eigenvalue weighted by molar-refractivity contribution is 0.666. The maximum absolute atomic E-state index is 5.32. The summed E-state index contributed by atoms with van der Waals surface area (Å²) in [6.45, 7) is 4.75. The fourth-order valence-electron chi connectivity index (χ4n) is 9.28. The SMILES string of the molecule is CC1(C)c2cccc(-c3ccc(-c4nc(-c5ccccc5)cc(-c5ccc(-c6ccc7ccccc7c6)cc5)n4)c4ccccc34)c2-c2ccc3ccccc3c21. The molecule has 0 spiro atoms. The topological polar surface area (TPSA) is 25.8 Å².